The summed E-state index contributed by atoms with van der Waals surface area (Å²) in [6, 6.07) is 0. The van der Waals surface area contributed by atoms with E-state index in [0.29, 0.717) is 5.88 Å². The van der Waals surface area contributed by atoms with Crippen LogP contribution in [-0.2, 0) is 0 Å². The van der Waals surface area contributed by atoms with Crippen LogP contribution >= 0.6 is 11.6 Å². The van der Waals surface area contributed by atoms with E-state index >= 15 is 0 Å². The van der Waals surface area contributed by atoms with Crippen molar-refractivity contribution in [3.05, 3.63) is 17.9 Å². The van der Waals surface area contributed by atoms with Crippen LogP contribution in [0.15, 0.2) is 17.9 Å². The standard InChI is InChI=1S/C7H7ClO/c8-6-4-2-1-3-5-7-9/h1,5,9H,6-7H2. The summed E-state index contributed by atoms with van der Waals surface area (Å²) in [6.07, 6.45) is 2.99. The van der Waals surface area contributed by atoms with Crippen LogP contribution in [0.25, 0.3) is 0 Å². The summed E-state index contributed by atoms with van der Waals surface area (Å²) >= 11 is 5.23. The molecule has 0 unspecified atom stereocenters. The molecule has 0 aliphatic carbocycles. The lowest BCUT2D eigenvalue weighted by atomic mass is 10.5. The molecule has 0 aliphatic heterocycles. The number of hydrogen-bond donors (Lipinski definition) is 1. The van der Waals surface area contributed by atoms with Crippen LogP contribution < -0.4 is 0 Å². The zero-order valence-electron chi connectivity index (χ0n) is 4.89. The minimum atomic E-state index is -0.000938. The SMILES string of the molecule is OCC=C=CC#CCCl. The Labute approximate surface area is 59.6 Å². The molecule has 0 amide bonds. The molecule has 48 valence electrons. The summed E-state index contributed by atoms with van der Waals surface area (Å²) < 4.78 is 0. The van der Waals surface area contributed by atoms with Crippen molar-refractivity contribution in [1.29, 1.82) is 0 Å². The monoisotopic (exact) mass is 142 g/mol. The molecule has 0 spiro atoms. The quantitative estimate of drug-likeness (QED) is 0.328. The third-order valence-electron chi connectivity index (χ3n) is 0.534. The van der Waals surface area contributed by atoms with Crippen molar-refractivity contribution in [2.75, 3.05) is 12.5 Å². The number of hydrogen-bond acceptors (Lipinski definition) is 1. The van der Waals surface area contributed by atoms with Crippen LogP contribution in [0.4, 0.5) is 0 Å². The van der Waals surface area contributed by atoms with Gasteiger partial charge < -0.3 is 5.11 Å². The Morgan fingerprint density at radius 3 is 2.89 bits per heavy atom. The Hall–Kier alpha value is -0.670. The molecule has 0 heterocycles. The molecule has 1 N–H and O–H groups in total. The summed E-state index contributed by atoms with van der Waals surface area (Å²) in [5.41, 5.74) is 2.64. The van der Waals surface area contributed by atoms with Gasteiger partial charge in [-0.25, -0.2) is 0 Å². The lowest BCUT2D eigenvalue weighted by Gasteiger charge is -1.65. The van der Waals surface area contributed by atoms with Gasteiger partial charge in [-0.3, -0.25) is 0 Å². The molecule has 9 heavy (non-hydrogen) atoms. The number of alkyl halides is 1. The minimum Gasteiger partial charge on any atom is -0.392 e. The molecule has 0 bridgehead atoms. The fraction of sp³-hybridized carbons (Fsp3) is 0.286. The maximum atomic E-state index is 8.21. The first-order valence-electron chi connectivity index (χ1n) is 2.46. The summed E-state index contributed by atoms with van der Waals surface area (Å²) in [4.78, 5) is 0. The average molecular weight is 143 g/mol. The summed E-state index contributed by atoms with van der Waals surface area (Å²) in [7, 11) is 0. The van der Waals surface area contributed by atoms with Gasteiger partial charge in [-0.1, -0.05) is 11.8 Å². The molecule has 0 saturated carbocycles. The first-order chi connectivity index (χ1) is 4.41. The van der Waals surface area contributed by atoms with Crippen LogP contribution in [0.5, 0.6) is 0 Å². The first-order valence-corrected chi connectivity index (χ1v) is 3.00. The Morgan fingerprint density at radius 1 is 1.56 bits per heavy atom. The van der Waals surface area contributed by atoms with Gasteiger partial charge in [0.1, 0.15) is 0 Å². The summed E-state index contributed by atoms with van der Waals surface area (Å²) in [5, 5.41) is 8.21. The third kappa shape index (κ3) is 7.33. The highest BCUT2D eigenvalue weighted by Crippen LogP contribution is 1.68. The van der Waals surface area contributed by atoms with E-state index in [0.717, 1.165) is 0 Å². The number of rotatable bonds is 1. The van der Waals surface area contributed by atoms with Crippen molar-refractivity contribution in [3.63, 3.8) is 0 Å². The number of aliphatic hydroxyl groups is 1. The van der Waals surface area contributed by atoms with E-state index in [-0.39, 0.29) is 6.61 Å². The van der Waals surface area contributed by atoms with Gasteiger partial charge in [0.25, 0.3) is 0 Å². The zero-order chi connectivity index (χ0) is 6.95. The van der Waals surface area contributed by atoms with E-state index in [4.69, 9.17) is 16.7 Å². The second kappa shape index (κ2) is 7.33. The molecule has 2 heteroatoms. The van der Waals surface area contributed by atoms with Crippen LogP contribution in [0, 0.1) is 11.8 Å². The van der Waals surface area contributed by atoms with Gasteiger partial charge in [-0.05, 0) is 6.08 Å². The van der Waals surface area contributed by atoms with E-state index in [1.54, 1.807) is 0 Å². The molecule has 0 aromatic carbocycles. The largest absolute Gasteiger partial charge is 0.392 e. The second-order valence-electron chi connectivity index (χ2n) is 1.15. The Kier molecular flexibility index (Phi) is 6.78. The topological polar surface area (TPSA) is 20.2 Å². The van der Waals surface area contributed by atoms with Gasteiger partial charge in [0.2, 0.25) is 0 Å². The van der Waals surface area contributed by atoms with Gasteiger partial charge in [-0.15, -0.1) is 17.3 Å². The molecule has 0 aromatic rings. The molecule has 0 saturated heterocycles. The van der Waals surface area contributed by atoms with Gasteiger partial charge in [0, 0.05) is 6.08 Å². The predicted molar refractivity (Wildman–Crippen MR) is 38.2 cm³/mol. The van der Waals surface area contributed by atoms with Crippen LogP contribution in [0.3, 0.4) is 0 Å². The van der Waals surface area contributed by atoms with Crippen LogP contribution in [0.1, 0.15) is 0 Å². The van der Waals surface area contributed by atoms with Crippen molar-refractivity contribution in [1.82, 2.24) is 0 Å². The van der Waals surface area contributed by atoms with E-state index in [9.17, 15) is 0 Å². The Morgan fingerprint density at radius 2 is 2.33 bits per heavy atom. The normalized spacial score (nSPS) is 6.44. The maximum Gasteiger partial charge on any atom is 0.0839 e. The molecule has 0 aromatic heterocycles. The smallest absolute Gasteiger partial charge is 0.0839 e. The molecule has 0 fully saturated rings. The molecular weight excluding hydrogens is 136 g/mol. The summed E-state index contributed by atoms with van der Waals surface area (Å²) in [5.74, 6) is 5.54. The van der Waals surface area contributed by atoms with Gasteiger partial charge in [0.05, 0.1) is 12.5 Å². The fourth-order valence-electron chi connectivity index (χ4n) is 0.243. The molecule has 0 rings (SSSR count). The highest BCUT2D eigenvalue weighted by molar-refractivity contribution is 6.19. The highest BCUT2D eigenvalue weighted by atomic mass is 35.5. The average Bonchev–Trinajstić information content (AvgIpc) is 1.89. The van der Waals surface area contributed by atoms with Crippen molar-refractivity contribution >= 4 is 11.6 Å². The van der Waals surface area contributed by atoms with E-state index in [2.05, 4.69) is 17.6 Å². The predicted octanol–water partition coefficient (Wildman–Crippen LogP) is 0.932. The van der Waals surface area contributed by atoms with Crippen LogP contribution in [-0.4, -0.2) is 17.6 Å². The van der Waals surface area contributed by atoms with Crippen molar-refractivity contribution in [3.8, 4) is 11.8 Å². The zero-order valence-corrected chi connectivity index (χ0v) is 5.65. The van der Waals surface area contributed by atoms with Gasteiger partial charge >= 0.3 is 0 Å². The third-order valence-corrected chi connectivity index (χ3v) is 0.667. The number of aliphatic hydroxyl groups excluding tert-OH is 1. The lowest BCUT2D eigenvalue weighted by Crippen LogP contribution is -1.65. The minimum absolute atomic E-state index is 0.000938. The van der Waals surface area contributed by atoms with E-state index in [1.165, 1.54) is 12.2 Å². The second-order valence-corrected chi connectivity index (χ2v) is 1.42. The number of halogens is 1. The van der Waals surface area contributed by atoms with Crippen molar-refractivity contribution in [2.45, 2.75) is 0 Å². The van der Waals surface area contributed by atoms with Gasteiger partial charge in [-0.2, -0.15) is 0 Å². The molecule has 0 aliphatic rings. The molecule has 0 radical (unpaired) electrons. The highest BCUT2D eigenvalue weighted by Gasteiger charge is 1.58. The molecule has 0 atom stereocenters. The Balaban J connectivity index is 3.58. The maximum absolute atomic E-state index is 8.21. The Bertz CT molecular complexity index is 167. The summed E-state index contributed by atoms with van der Waals surface area (Å²) in [6.45, 7) is -0.000938. The fourth-order valence-corrected chi connectivity index (χ4v) is 0.320. The lowest BCUT2D eigenvalue weighted by molar-refractivity contribution is 0.343. The van der Waals surface area contributed by atoms with E-state index in [1.807, 2.05) is 0 Å². The molecular formula is C7H7ClO. The van der Waals surface area contributed by atoms with Gasteiger partial charge in [0.15, 0.2) is 0 Å². The first kappa shape index (κ1) is 8.33. The van der Waals surface area contributed by atoms with Crippen molar-refractivity contribution < 1.29 is 5.11 Å². The van der Waals surface area contributed by atoms with E-state index < -0.39 is 0 Å². The van der Waals surface area contributed by atoms with Crippen molar-refractivity contribution in [2.24, 2.45) is 0 Å². The molecule has 1 nitrogen and oxygen atoms in total. The van der Waals surface area contributed by atoms with Crippen LogP contribution in [0.2, 0.25) is 0 Å².